The van der Waals surface area contributed by atoms with Gasteiger partial charge in [0.25, 0.3) is 0 Å². The number of aromatic carboxylic acids is 1. The topological polar surface area (TPSA) is 125 Å². The van der Waals surface area contributed by atoms with Crippen LogP contribution in [-0.4, -0.2) is 21.0 Å². The molecule has 0 aliphatic carbocycles. The fourth-order valence-corrected chi connectivity index (χ4v) is 3.20. The summed E-state index contributed by atoms with van der Waals surface area (Å²) in [5, 5.41) is 21.6. The Bertz CT molecular complexity index is 1170. The van der Waals surface area contributed by atoms with Gasteiger partial charge in [0.15, 0.2) is 11.5 Å². The number of nitrogens with two attached hydrogens (primary N) is 1. The molecule has 4 N–H and O–H groups in total. The fraction of sp³-hybridized carbons (Fsp3) is 0.130. The second kappa shape index (κ2) is 8.45. The Labute approximate surface area is 174 Å². The van der Waals surface area contributed by atoms with Crippen LogP contribution in [0.4, 0.5) is 11.5 Å². The van der Waals surface area contributed by atoms with Crippen molar-refractivity contribution in [1.82, 2.24) is 9.97 Å². The highest BCUT2D eigenvalue weighted by atomic mass is 16.4. The van der Waals surface area contributed by atoms with Gasteiger partial charge in [0.05, 0.1) is 11.6 Å². The molecule has 1 aromatic heterocycles. The minimum absolute atomic E-state index is 0.152. The molecule has 3 aromatic rings. The molecule has 0 saturated heterocycles. The van der Waals surface area contributed by atoms with E-state index in [1.54, 1.807) is 31.2 Å². The molecular formula is C23H21N5O2. The van der Waals surface area contributed by atoms with Gasteiger partial charge in [-0.2, -0.15) is 5.26 Å². The first-order valence-electron chi connectivity index (χ1n) is 9.23. The number of carboxylic acid groups (broad SMARTS) is 1. The maximum absolute atomic E-state index is 11.7. The maximum atomic E-state index is 11.7. The molecule has 3 rings (SSSR count). The van der Waals surface area contributed by atoms with Crippen molar-refractivity contribution >= 4 is 23.0 Å². The number of hydrogen-bond donors (Lipinski definition) is 3. The smallest absolute Gasteiger partial charge is 0.354 e. The molecule has 7 heteroatoms. The van der Waals surface area contributed by atoms with Gasteiger partial charge in [-0.25, -0.2) is 14.8 Å². The normalized spacial score (nSPS) is 11.4. The molecule has 2 aromatic carbocycles. The SMILES string of the molecule is CC(N)=C(c1nc(Nc2ccc(C#N)cc2)cc(C(=O)O)n1)c1c(C)cccc1C. The van der Waals surface area contributed by atoms with Crippen LogP contribution in [0, 0.1) is 25.2 Å². The zero-order chi connectivity index (χ0) is 21.8. The van der Waals surface area contributed by atoms with E-state index in [0.717, 1.165) is 16.7 Å². The van der Waals surface area contributed by atoms with Crippen LogP contribution < -0.4 is 11.1 Å². The number of nitrogens with one attached hydrogen (secondary N) is 1. The van der Waals surface area contributed by atoms with Gasteiger partial charge >= 0.3 is 5.97 Å². The first-order chi connectivity index (χ1) is 14.3. The Morgan fingerprint density at radius 1 is 1.10 bits per heavy atom. The molecule has 150 valence electrons. The van der Waals surface area contributed by atoms with Crippen molar-refractivity contribution in [3.8, 4) is 6.07 Å². The van der Waals surface area contributed by atoms with Crippen LogP contribution in [0.15, 0.2) is 54.2 Å². The zero-order valence-corrected chi connectivity index (χ0v) is 16.9. The Morgan fingerprint density at radius 2 is 1.73 bits per heavy atom. The van der Waals surface area contributed by atoms with Crippen molar-refractivity contribution in [3.05, 3.63) is 88.0 Å². The molecule has 0 fully saturated rings. The summed E-state index contributed by atoms with van der Waals surface area (Å²) >= 11 is 0. The molecule has 0 aliphatic heterocycles. The summed E-state index contributed by atoms with van der Waals surface area (Å²) < 4.78 is 0. The number of carboxylic acids is 1. The van der Waals surface area contributed by atoms with Crippen LogP contribution in [0.3, 0.4) is 0 Å². The largest absolute Gasteiger partial charge is 0.477 e. The standard InChI is InChI=1S/C23H21N5O2/c1-13-5-4-6-14(2)20(13)21(15(3)25)22-27-18(23(29)30)11-19(28-22)26-17-9-7-16(12-24)8-10-17/h4-11H,25H2,1-3H3,(H,29,30)(H,26,27,28). The van der Waals surface area contributed by atoms with Crippen LogP contribution in [0.2, 0.25) is 0 Å². The van der Waals surface area contributed by atoms with E-state index in [-0.39, 0.29) is 11.5 Å². The lowest BCUT2D eigenvalue weighted by Crippen LogP contribution is -2.11. The van der Waals surface area contributed by atoms with E-state index < -0.39 is 5.97 Å². The van der Waals surface area contributed by atoms with E-state index in [1.165, 1.54) is 6.07 Å². The average Bonchev–Trinajstić information content (AvgIpc) is 2.70. The summed E-state index contributed by atoms with van der Waals surface area (Å²) in [4.78, 5) is 20.5. The van der Waals surface area contributed by atoms with E-state index in [4.69, 9.17) is 11.0 Å². The molecule has 0 bridgehead atoms. The van der Waals surface area contributed by atoms with E-state index in [9.17, 15) is 9.90 Å². The van der Waals surface area contributed by atoms with Crippen molar-refractivity contribution < 1.29 is 9.90 Å². The fourth-order valence-electron chi connectivity index (χ4n) is 3.20. The lowest BCUT2D eigenvalue weighted by molar-refractivity contribution is 0.0690. The van der Waals surface area contributed by atoms with Crippen molar-refractivity contribution in [2.45, 2.75) is 20.8 Å². The lowest BCUT2D eigenvalue weighted by atomic mass is 9.94. The van der Waals surface area contributed by atoms with Crippen LogP contribution in [0.25, 0.3) is 5.57 Å². The van der Waals surface area contributed by atoms with Crippen molar-refractivity contribution in [2.75, 3.05) is 5.32 Å². The number of allylic oxidation sites excluding steroid dienone is 1. The number of hydrogen-bond acceptors (Lipinski definition) is 6. The third-order valence-electron chi connectivity index (χ3n) is 4.58. The summed E-state index contributed by atoms with van der Waals surface area (Å²) in [6.45, 7) is 5.66. The zero-order valence-electron chi connectivity index (χ0n) is 16.9. The number of carbonyl (C=O) groups is 1. The van der Waals surface area contributed by atoms with Gasteiger partial charge in [-0.05, 0) is 61.7 Å². The van der Waals surface area contributed by atoms with Crippen molar-refractivity contribution in [3.63, 3.8) is 0 Å². The molecule has 0 atom stereocenters. The minimum Gasteiger partial charge on any atom is -0.477 e. The summed E-state index contributed by atoms with van der Waals surface area (Å²) in [6, 6.07) is 16.0. The highest BCUT2D eigenvalue weighted by Gasteiger charge is 2.19. The van der Waals surface area contributed by atoms with Gasteiger partial charge < -0.3 is 16.2 Å². The van der Waals surface area contributed by atoms with Gasteiger partial charge in [0.1, 0.15) is 5.82 Å². The summed E-state index contributed by atoms with van der Waals surface area (Å²) in [5.74, 6) is -0.632. The monoisotopic (exact) mass is 399 g/mol. The molecule has 0 aliphatic rings. The summed E-state index contributed by atoms with van der Waals surface area (Å²) in [6.07, 6.45) is 0. The number of nitriles is 1. The first kappa shape index (κ1) is 20.6. The first-order valence-corrected chi connectivity index (χ1v) is 9.23. The Kier molecular flexibility index (Phi) is 5.79. The van der Waals surface area contributed by atoms with Gasteiger partial charge in [-0.15, -0.1) is 0 Å². The predicted octanol–water partition coefficient (Wildman–Crippen LogP) is 4.14. The van der Waals surface area contributed by atoms with E-state index in [0.29, 0.717) is 28.3 Å². The van der Waals surface area contributed by atoms with Gasteiger partial charge in [0.2, 0.25) is 0 Å². The summed E-state index contributed by atoms with van der Waals surface area (Å²) in [5.41, 5.74) is 11.2. The average molecular weight is 399 g/mol. The maximum Gasteiger partial charge on any atom is 0.354 e. The highest BCUT2D eigenvalue weighted by molar-refractivity contribution is 5.88. The molecule has 1 heterocycles. The quantitative estimate of drug-likeness (QED) is 0.588. The number of rotatable bonds is 5. The molecule has 7 nitrogen and oxygen atoms in total. The van der Waals surface area contributed by atoms with Gasteiger partial charge in [0, 0.05) is 23.0 Å². The van der Waals surface area contributed by atoms with Crippen LogP contribution in [-0.2, 0) is 0 Å². The van der Waals surface area contributed by atoms with E-state index >= 15 is 0 Å². The lowest BCUT2D eigenvalue weighted by Gasteiger charge is -2.16. The van der Waals surface area contributed by atoms with E-state index in [1.807, 2.05) is 32.0 Å². The van der Waals surface area contributed by atoms with Crippen molar-refractivity contribution in [1.29, 1.82) is 5.26 Å². The molecule has 0 unspecified atom stereocenters. The third kappa shape index (κ3) is 4.28. The predicted molar refractivity (Wildman–Crippen MR) is 115 cm³/mol. The second-order valence-electron chi connectivity index (χ2n) is 6.91. The number of benzene rings is 2. The molecular weight excluding hydrogens is 378 g/mol. The Morgan fingerprint density at radius 3 is 2.27 bits per heavy atom. The Balaban J connectivity index is 2.14. The number of aryl methyl sites for hydroxylation is 2. The molecule has 0 spiro atoms. The summed E-state index contributed by atoms with van der Waals surface area (Å²) in [7, 11) is 0. The second-order valence-corrected chi connectivity index (χ2v) is 6.91. The van der Waals surface area contributed by atoms with Crippen molar-refractivity contribution in [2.24, 2.45) is 5.73 Å². The molecule has 0 amide bonds. The van der Waals surface area contributed by atoms with Crippen LogP contribution in [0.5, 0.6) is 0 Å². The number of nitrogens with zero attached hydrogens (tertiary/aromatic N) is 3. The molecule has 0 saturated carbocycles. The Hall–Kier alpha value is -4.18. The highest BCUT2D eigenvalue weighted by Crippen LogP contribution is 2.30. The van der Waals surface area contributed by atoms with Crippen LogP contribution >= 0.6 is 0 Å². The van der Waals surface area contributed by atoms with Crippen LogP contribution in [0.1, 0.15) is 45.5 Å². The number of aromatic nitrogens is 2. The molecule has 30 heavy (non-hydrogen) atoms. The van der Waals surface area contributed by atoms with Gasteiger partial charge in [-0.3, -0.25) is 0 Å². The van der Waals surface area contributed by atoms with Gasteiger partial charge in [-0.1, -0.05) is 18.2 Å². The number of anilines is 2. The third-order valence-corrected chi connectivity index (χ3v) is 4.58. The van der Waals surface area contributed by atoms with E-state index in [2.05, 4.69) is 21.4 Å². The molecule has 0 radical (unpaired) electrons. The minimum atomic E-state index is -1.17.